The first-order chi connectivity index (χ1) is 10.9. The van der Waals surface area contributed by atoms with Crippen molar-refractivity contribution >= 4 is 16.9 Å². The van der Waals surface area contributed by atoms with E-state index in [0.29, 0.717) is 11.4 Å². The molecule has 2 aromatic carbocycles. The molecule has 3 nitrogen and oxygen atoms in total. The Hall–Kier alpha value is -2.42. The first-order valence-corrected chi connectivity index (χ1v) is 7.92. The minimum Gasteiger partial charge on any atom is -0.497 e. The van der Waals surface area contributed by atoms with Gasteiger partial charge in [0.25, 0.3) is 0 Å². The number of methoxy groups -OCH3 is 1. The lowest BCUT2D eigenvalue weighted by molar-refractivity contribution is 0.412. The minimum atomic E-state index is -0.231. The molecular formula is C20H26N2O. The molecule has 1 unspecified atom stereocenters. The first-order valence-electron chi connectivity index (χ1n) is 7.92. The lowest BCUT2D eigenvalue weighted by Gasteiger charge is -2.33. The Morgan fingerprint density at radius 1 is 1.17 bits per heavy atom. The van der Waals surface area contributed by atoms with E-state index in [1.165, 1.54) is 5.56 Å². The molecule has 0 amide bonds. The molecule has 0 heterocycles. The predicted molar refractivity (Wildman–Crippen MR) is 99.6 cm³/mol. The molecule has 0 fully saturated rings. The van der Waals surface area contributed by atoms with Crippen molar-refractivity contribution in [3.05, 3.63) is 60.2 Å². The summed E-state index contributed by atoms with van der Waals surface area (Å²) in [6, 6.07) is 13.9. The van der Waals surface area contributed by atoms with Crippen LogP contribution in [0.25, 0.3) is 5.57 Å². The molecule has 3 heteroatoms. The van der Waals surface area contributed by atoms with Crippen LogP contribution in [0.5, 0.6) is 5.75 Å². The Labute approximate surface area is 139 Å². The van der Waals surface area contributed by atoms with Crippen molar-refractivity contribution in [2.75, 3.05) is 18.6 Å². The van der Waals surface area contributed by atoms with Gasteiger partial charge in [-0.25, -0.2) is 0 Å². The van der Waals surface area contributed by atoms with Gasteiger partial charge >= 0.3 is 0 Å². The van der Waals surface area contributed by atoms with Crippen LogP contribution in [0.3, 0.4) is 0 Å². The third-order valence-electron chi connectivity index (χ3n) is 4.59. The van der Waals surface area contributed by atoms with Gasteiger partial charge in [-0.3, -0.25) is 0 Å². The average molecular weight is 310 g/mol. The number of hydrogen-bond acceptors (Lipinski definition) is 3. The topological polar surface area (TPSA) is 61.3 Å². The van der Waals surface area contributed by atoms with Crippen molar-refractivity contribution in [2.45, 2.75) is 32.1 Å². The van der Waals surface area contributed by atoms with Crippen LogP contribution in [0.4, 0.5) is 11.4 Å². The van der Waals surface area contributed by atoms with Crippen molar-refractivity contribution in [3.63, 3.8) is 0 Å². The Bertz CT molecular complexity index is 709. The molecule has 2 aromatic rings. The molecule has 4 N–H and O–H groups in total. The molecule has 0 saturated heterocycles. The second-order valence-corrected chi connectivity index (χ2v) is 6.10. The van der Waals surface area contributed by atoms with Gasteiger partial charge in [0.2, 0.25) is 0 Å². The summed E-state index contributed by atoms with van der Waals surface area (Å²) in [5, 5.41) is 0. The van der Waals surface area contributed by atoms with Crippen LogP contribution in [0.15, 0.2) is 49.0 Å². The number of para-hydroxylation sites is 1. The minimum absolute atomic E-state index is 0.231. The van der Waals surface area contributed by atoms with Gasteiger partial charge in [0.15, 0.2) is 0 Å². The maximum atomic E-state index is 6.20. The largest absolute Gasteiger partial charge is 0.497 e. The van der Waals surface area contributed by atoms with Gasteiger partial charge in [-0.2, -0.15) is 0 Å². The van der Waals surface area contributed by atoms with E-state index in [9.17, 15) is 0 Å². The zero-order valence-corrected chi connectivity index (χ0v) is 14.2. The van der Waals surface area contributed by atoms with Gasteiger partial charge < -0.3 is 16.2 Å². The lowest BCUT2D eigenvalue weighted by atomic mass is 9.70. The summed E-state index contributed by atoms with van der Waals surface area (Å²) in [6.07, 6.45) is 2.00. The molecule has 2 rings (SSSR count). The second-order valence-electron chi connectivity index (χ2n) is 6.10. The molecule has 122 valence electrons. The fourth-order valence-electron chi connectivity index (χ4n) is 3.08. The van der Waals surface area contributed by atoms with Gasteiger partial charge in [-0.05, 0) is 35.8 Å². The fourth-order valence-corrected chi connectivity index (χ4v) is 3.08. The third kappa shape index (κ3) is 3.19. The highest BCUT2D eigenvalue weighted by molar-refractivity contribution is 5.85. The van der Waals surface area contributed by atoms with Crippen molar-refractivity contribution in [1.82, 2.24) is 0 Å². The normalized spacial score (nSPS) is 13.3. The van der Waals surface area contributed by atoms with Crippen LogP contribution in [0.2, 0.25) is 0 Å². The number of benzene rings is 2. The van der Waals surface area contributed by atoms with Crippen LogP contribution < -0.4 is 16.2 Å². The summed E-state index contributed by atoms with van der Waals surface area (Å²) < 4.78 is 5.38. The van der Waals surface area contributed by atoms with E-state index >= 15 is 0 Å². The molecule has 0 radical (unpaired) electrons. The second kappa shape index (κ2) is 6.78. The lowest BCUT2D eigenvalue weighted by Crippen LogP contribution is -2.24. The average Bonchev–Trinajstić information content (AvgIpc) is 2.57. The van der Waals surface area contributed by atoms with Crippen molar-refractivity contribution in [3.8, 4) is 5.75 Å². The third-order valence-corrected chi connectivity index (χ3v) is 4.59. The zero-order valence-electron chi connectivity index (χ0n) is 14.2. The smallest absolute Gasteiger partial charge is 0.119 e. The van der Waals surface area contributed by atoms with Crippen LogP contribution in [-0.4, -0.2) is 7.11 Å². The molecule has 0 aliphatic rings. The number of allylic oxidation sites excluding steroid dienone is 1. The molecule has 0 bridgehead atoms. The van der Waals surface area contributed by atoms with Crippen LogP contribution in [0.1, 0.15) is 37.8 Å². The Kier molecular flexibility index (Phi) is 4.99. The number of nitrogen functional groups attached to an aromatic ring is 2. The molecule has 0 spiro atoms. The van der Waals surface area contributed by atoms with Gasteiger partial charge in [0, 0.05) is 11.0 Å². The first kappa shape index (κ1) is 16.9. The van der Waals surface area contributed by atoms with Crippen molar-refractivity contribution < 1.29 is 4.74 Å². The van der Waals surface area contributed by atoms with E-state index in [4.69, 9.17) is 16.2 Å². The van der Waals surface area contributed by atoms with E-state index in [1.807, 2.05) is 30.3 Å². The van der Waals surface area contributed by atoms with Crippen LogP contribution in [-0.2, 0) is 5.41 Å². The number of nitrogens with two attached hydrogens (primary N) is 2. The molecular weight excluding hydrogens is 284 g/mol. The zero-order chi connectivity index (χ0) is 17.0. The van der Waals surface area contributed by atoms with Gasteiger partial charge in [-0.15, -0.1) is 0 Å². The Morgan fingerprint density at radius 3 is 2.52 bits per heavy atom. The maximum Gasteiger partial charge on any atom is 0.119 e. The SMILES string of the molecule is C=C(c1cccc(N)c1N)C(C)(CCC)c1cccc(OC)c1. The fraction of sp³-hybridized carbons (Fsp3) is 0.300. The summed E-state index contributed by atoms with van der Waals surface area (Å²) in [5.41, 5.74) is 16.2. The summed E-state index contributed by atoms with van der Waals surface area (Å²) in [5.74, 6) is 0.846. The number of anilines is 2. The molecule has 0 saturated carbocycles. The molecule has 0 aliphatic carbocycles. The summed E-state index contributed by atoms with van der Waals surface area (Å²) in [7, 11) is 1.68. The Morgan fingerprint density at radius 2 is 1.87 bits per heavy atom. The molecule has 1 atom stereocenters. The summed E-state index contributed by atoms with van der Waals surface area (Å²) >= 11 is 0. The number of ether oxygens (including phenoxy) is 1. The summed E-state index contributed by atoms with van der Waals surface area (Å²) in [4.78, 5) is 0. The molecule has 23 heavy (non-hydrogen) atoms. The molecule has 0 aromatic heterocycles. The highest BCUT2D eigenvalue weighted by Gasteiger charge is 2.31. The quantitative estimate of drug-likeness (QED) is 0.765. The van der Waals surface area contributed by atoms with E-state index in [2.05, 4.69) is 32.6 Å². The highest BCUT2D eigenvalue weighted by atomic mass is 16.5. The van der Waals surface area contributed by atoms with E-state index in [-0.39, 0.29) is 5.41 Å². The van der Waals surface area contributed by atoms with Crippen molar-refractivity contribution in [2.24, 2.45) is 0 Å². The predicted octanol–water partition coefficient (Wildman–Crippen LogP) is 4.63. The van der Waals surface area contributed by atoms with E-state index < -0.39 is 0 Å². The summed E-state index contributed by atoms with van der Waals surface area (Å²) in [6.45, 7) is 8.75. The van der Waals surface area contributed by atoms with Gasteiger partial charge in [0.05, 0.1) is 18.5 Å². The van der Waals surface area contributed by atoms with Crippen molar-refractivity contribution in [1.29, 1.82) is 0 Å². The standard InChI is InChI=1S/C20H26N2O/c1-5-12-20(3,15-8-6-9-16(13-15)23-4)14(2)17-10-7-11-18(21)19(17)22/h6-11,13H,2,5,12,21-22H2,1,3-4H3. The number of rotatable bonds is 6. The van der Waals surface area contributed by atoms with Gasteiger partial charge in [0.1, 0.15) is 5.75 Å². The van der Waals surface area contributed by atoms with Crippen LogP contribution >= 0.6 is 0 Å². The van der Waals surface area contributed by atoms with Gasteiger partial charge in [-0.1, -0.05) is 51.1 Å². The number of hydrogen-bond donors (Lipinski definition) is 2. The van der Waals surface area contributed by atoms with E-state index in [1.54, 1.807) is 7.11 Å². The Balaban J connectivity index is 2.55. The monoisotopic (exact) mass is 310 g/mol. The van der Waals surface area contributed by atoms with Crippen LogP contribution in [0, 0.1) is 0 Å². The van der Waals surface area contributed by atoms with E-state index in [0.717, 1.165) is 29.7 Å². The maximum absolute atomic E-state index is 6.20. The molecule has 0 aliphatic heterocycles. The highest BCUT2D eigenvalue weighted by Crippen LogP contribution is 2.44.